The highest BCUT2D eigenvalue weighted by Gasteiger charge is 2.36. The van der Waals surface area contributed by atoms with Crippen molar-refractivity contribution in [3.05, 3.63) is 30.3 Å². The minimum absolute atomic E-state index is 0.0443. The molecule has 1 saturated heterocycles. The fourth-order valence-corrected chi connectivity index (χ4v) is 4.16. The lowest BCUT2D eigenvalue weighted by atomic mass is 9.71. The number of nitrogens with one attached hydrogen (secondary N) is 1. The van der Waals surface area contributed by atoms with Crippen molar-refractivity contribution in [1.82, 2.24) is 5.32 Å². The number of carbonyl (C=O) groups is 2. The van der Waals surface area contributed by atoms with Gasteiger partial charge < -0.3 is 10.2 Å². The molecule has 2 amide bonds. The zero-order chi connectivity index (χ0) is 18.0. The molecular formula is C21H30N2O2. The average Bonchev–Trinajstić information content (AvgIpc) is 2.97. The Kier molecular flexibility index (Phi) is 5.16. The van der Waals surface area contributed by atoms with Gasteiger partial charge in [0.25, 0.3) is 0 Å². The summed E-state index contributed by atoms with van der Waals surface area (Å²) in [7, 11) is 0. The lowest BCUT2D eigenvalue weighted by Crippen LogP contribution is -2.42. The van der Waals surface area contributed by atoms with Crippen molar-refractivity contribution < 1.29 is 9.59 Å². The monoisotopic (exact) mass is 342 g/mol. The Bertz CT molecular complexity index is 613. The molecule has 1 atom stereocenters. The predicted octanol–water partition coefficient (Wildman–Crippen LogP) is 3.76. The third-order valence-electron chi connectivity index (χ3n) is 5.86. The van der Waals surface area contributed by atoms with E-state index < -0.39 is 0 Å². The molecule has 136 valence electrons. The highest BCUT2D eigenvalue weighted by atomic mass is 16.2. The van der Waals surface area contributed by atoms with Crippen molar-refractivity contribution in [1.29, 1.82) is 0 Å². The normalized spacial score (nSPS) is 27.4. The molecule has 0 spiro atoms. The molecule has 1 aromatic rings. The van der Waals surface area contributed by atoms with E-state index in [2.05, 4.69) is 26.1 Å². The maximum absolute atomic E-state index is 12.6. The van der Waals surface area contributed by atoms with Gasteiger partial charge in [-0.05, 0) is 49.1 Å². The Morgan fingerprint density at radius 2 is 1.72 bits per heavy atom. The Labute approximate surface area is 151 Å². The first-order chi connectivity index (χ1) is 11.8. The molecule has 1 aliphatic carbocycles. The van der Waals surface area contributed by atoms with Crippen molar-refractivity contribution in [2.75, 3.05) is 11.4 Å². The first kappa shape index (κ1) is 18.0. The summed E-state index contributed by atoms with van der Waals surface area (Å²) in [5.74, 6) is 0.601. The van der Waals surface area contributed by atoms with E-state index in [1.54, 1.807) is 4.90 Å². The minimum atomic E-state index is -0.229. The largest absolute Gasteiger partial charge is 0.353 e. The molecule has 0 aromatic heterocycles. The van der Waals surface area contributed by atoms with Gasteiger partial charge in [-0.25, -0.2) is 0 Å². The number of para-hydroxylation sites is 1. The van der Waals surface area contributed by atoms with Gasteiger partial charge in [0.05, 0.1) is 5.92 Å². The Balaban J connectivity index is 1.52. The second kappa shape index (κ2) is 7.19. The van der Waals surface area contributed by atoms with Crippen LogP contribution in [0.2, 0.25) is 0 Å². The number of nitrogens with zero attached hydrogens (tertiary/aromatic N) is 1. The van der Waals surface area contributed by atoms with Gasteiger partial charge >= 0.3 is 0 Å². The lowest BCUT2D eigenvalue weighted by molar-refractivity contribution is -0.127. The minimum Gasteiger partial charge on any atom is -0.353 e. The Morgan fingerprint density at radius 1 is 1.08 bits per heavy atom. The van der Waals surface area contributed by atoms with Crippen molar-refractivity contribution >= 4 is 17.5 Å². The molecule has 25 heavy (non-hydrogen) atoms. The molecule has 1 N–H and O–H groups in total. The van der Waals surface area contributed by atoms with Gasteiger partial charge in [-0.15, -0.1) is 0 Å². The molecule has 0 unspecified atom stereocenters. The smallest absolute Gasteiger partial charge is 0.227 e. The van der Waals surface area contributed by atoms with Crippen LogP contribution >= 0.6 is 0 Å². The predicted molar refractivity (Wildman–Crippen MR) is 100 cm³/mol. The van der Waals surface area contributed by atoms with Crippen LogP contribution in [0.15, 0.2) is 30.3 Å². The zero-order valence-electron chi connectivity index (χ0n) is 15.6. The van der Waals surface area contributed by atoms with E-state index in [0.29, 0.717) is 18.4 Å². The van der Waals surface area contributed by atoms with Gasteiger partial charge in [0.2, 0.25) is 11.8 Å². The van der Waals surface area contributed by atoms with Gasteiger partial charge in [-0.2, -0.15) is 0 Å². The molecule has 0 bridgehead atoms. The van der Waals surface area contributed by atoms with E-state index in [1.807, 2.05) is 30.3 Å². The average molecular weight is 342 g/mol. The van der Waals surface area contributed by atoms with Gasteiger partial charge in [0.15, 0.2) is 0 Å². The summed E-state index contributed by atoms with van der Waals surface area (Å²) in [5.41, 5.74) is 1.23. The van der Waals surface area contributed by atoms with Gasteiger partial charge in [0.1, 0.15) is 0 Å². The van der Waals surface area contributed by atoms with Crippen LogP contribution < -0.4 is 10.2 Å². The fourth-order valence-electron chi connectivity index (χ4n) is 4.16. The Hall–Kier alpha value is -1.84. The quantitative estimate of drug-likeness (QED) is 0.909. The van der Waals surface area contributed by atoms with Gasteiger partial charge in [0, 0.05) is 24.7 Å². The summed E-state index contributed by atoms with van der Waals surface area (Å²) in [6.45, 7) is 7.41. The SMILES string of the molecule is CC(C)(C)C1CCC(NC(=O)[C@H]2CC(=O)N(c3ccccc3)C2)CC1. The second-order valence-electron chi connectivity index (χ2n) is 8.66. The molecule has 3 rings (SSSR count). The third-order valence-corrected chi connectivity index (χ3v) is 5.86. The summed E-state index contributed by atoms with van der Waals surface area (Å²) in [5, 5.41) is 3.21. The topological polar surface area (TPSA) is 49.4 Å². The number of hydrogen-bond acceptors (Lipinski definition) is 2. The van der Waals surface area contributed by atoms with Crippen LogP contribution in [0.3, 0.4) is 0 Å². The zero-order valence-corrected chi connectivity index (χ0v) is 15.6. The highest BCUT2D eigenvalue weighted by molar-refractivity contribution is 6.00. The molecule has 2 fully saturated rings. The lowest BCUT2D eigenvalue weighted by Gasteiger charge is -2.37. The number of carbonyl (C=O) groups excluding carboxylic acids is 2. The van der Waals surface area contributed by atoms with E-state index in [0.717, 1.165) is 24.4 Å². The van der Waals surface area contributed by atoms with Crippen LogP contribution in [0.4, 0.5) is 5.69 Å². The highest BCUT2D eigenvalue weighted by Crippen LogP contribution is 2.37. The number of anilines is 1. The second-order valence-corrected chi connectivity index (χ2v) is 8.66. The van der Waals surface area contributed by atoms with Crippen LogP contribution in [-0.2, 0) is 9.59 Å². The Morgan fingerprint density at radius 3 is 2.32 bits per heavy atom. The van der Waals surface area contributed by atoms with Crippen LogP contribution in [0.25, 0.3) is 0 Å². The van der Waals surface area contributed by atoms with Crippen molar-refractivity contribution in [2.45, 2.75) is 58.9 Å². The maximum atomic E-state index is 12.6. The van der Waals surface area contributed by atoms with Crippen molar-refractivity contribution in [2.24, 2.45) is 17.3 Å². The summed E-state index contributed by atoms with van der Waals surface area (Å²) >= 11 is 0. The number of amides is 2. The molecule has 2 aliphatic rings. The molecule has 1 heterocycles. The van der Waals surface area contributed by atoms with Crippen molar-refractivity contribution in [3.8, 4) is 0 Å². The van der Waals surface area contributed by atoms with Crippen LogP contribution in [-0.4, -0.2) is 24.4 Å². The first-order valence-electron chi connectivity index (χ1n) is 9.50. The molecular weight excluding hydrogens is 312 g/mol. The maximum Gasteiger partial charge on any atom is 0.227 e. The van der Waals surface area contributed by atoms with E-state index >= 15 is 0 Å². The molecule has 4 heteroatoms. The van der Waals surface area contributed by atoms with Crippen molar-refractivity contribution in [3.63, 3.8) is 0 Å². The van der Waals surface area contributed by atoms with E-state index in [-0.39, 0.29) is 23.8 Å². The fraction of sp³-hybridized carbons (Fsp3) is 0.619. The standard InChI is InChI=1S/C21H30N2O2/c1-21(2,3)16-9-11-17(12-10-16)22-20(25)15-13-19(24)23(14-15)18-7-5-4-6-8-18/h4-8,15-17H,9-14H2,1-3H3,(H,22,25)/t15-,16?,17?/m0/s1. The molecule has 1 aromatic carbocycles. The third kappa shape index (κ3) is 4.23. The van der Waals surface area contributed by atoms with Crippen LogP contribution in [0.5, 0.6) is 0 Å². The van der Waals surface area contributed by atoms with E-state index in [9.17, 15) is 9.59 Å². The number of hydrogen-bond donors (Lipinski definition) is 1. The molecule has 1 aliphatic heterocycles. The van der Waals surface area contributed by atoms with Crippen LogP contribution in [0.1, 0.15) is 52.9 Å². The summed E-state index contributed by atoms with van der Waals surface area (Å²) < 4.78 is 0. The molecule has 0 radical (unpaired) electrons. The van der Waals surface area contributed by atoms with Gasteiger partial charge in [-0.3, -0.25) is 9.59 Å². The summed E-state index contributed by atoms with van der Waals surface area (Å²) in [4.78, 5) is 26.6. The first-order valence-corrected chi connectivity index (χ1v) is 9.50. The van der Waals surface area contributed by atoms with E-state index in [1.165, 1.54) is 12.8 Å². The number of benzene rings is 1. The number of rotatable bonds is 3. The van der Waals surface area contributed by atoms with Crippen LogP contribution in [0, 0.1) is 17.3 Å². The van der Waals surface area contributed by atoms with Gasteiger partial charge in [-0.1, -0.05) is 39.0 Å². The summed E-state index contributed by atoms with van der Waals surface area (Å²) in [6, 6.07) is 9.89. The van der Waals surface area contributed by atoms with E-state index in [4.69, 9.17) is 0 Å². The molecule has 4 nitrogen and oxygen atoms in total. The summed E-state index contributed by atoms with van der Waals surface area (Å²) in [6.07, 6.45) is 4.77. The molecule has 1 saturated carbocycles.